The van der Waals surface area contributed by atoms with Crippen molar-refractivity contribution < 1.29 is 18.0 Å². The zero-order valence-electron chi connectivity index (χ0n) is 19.9. The third-order valence-electron chi connectivity index (χ3n) is 6.81. The first-order chi connectivity index (χ1) is 16.7. The van der Waals surface area contributed by atoms with Gasteiger partial charge in [-0.1, -0.05) is 13.8 Å². The van der Waals surface area contributed by atoms with Gasteiger partial charge in [-0.25, -0.2) is 23.1 Å². The second-order valence-electron chi connectivity index (χ2n) is 8.91. The molecule has 0 fully saturated rings. The second-order valence-corrected chi connectivity index (χ2v) is 8.91. The van der Waals surface area contributed by atoms with Gasteiger partial charge >= 0.3 is 0 Å². The van der Waals surface area contributed by atoms with Gasteiger partial charge in [-0.2, -0.15) is 5.10 Å². The summed E-state index contributed by atoms with van der Waals surface area (Å²) in [6.45, 7) is 3.97. The van der Waals surface area contributed by atoms with Gasteiger partial charge in [0.1, 0.15) is 5.52 Å². The van der Waals surface area contributed by atoms with Gasteiger partial charge in [0.15, 0.2) is 23.1 Å². The number of pyridine rings is 1. The molecule has 4 heterocycles. The minimum atomic E-state index is -1.50. The molecule has 1 aliphatic rings. The van der Waals surface area contributed by atoms with Crippen LogP contribution >= 0.6 is 0 Å². The summed E-state index contributed by atoms with van der Waals surface area (Å²) in [7, 11) is 3.53. The summed E-state index contributed by atoms with van der Waals surface area (Å²) in [5, 5.41) is 4.66. The zero-order valence-corrected chi connectivity index (χ0v) is 19.9. The van der Waals surface area contributed by atoms with Gasteiger partial charge in [-0.15, -0.1) is 0 Å². The lowest BCUT2D eigenvalue weighted by Gasteiger charge is -2.41. The van der Waals surface area contributed by atoms with Crippen molar-refractivity contribution in [1.82, 2.24) is 29.2 Å². The maximum Gasteiger partial charge on any atom is 0.256 e. The molecule has 1 aromatic carbocycles. The van der Waals surface area contributed by atoms with Gasteiger partial charge < -0.3 is 9.47 Å². The fourth-order valence-corrected chi connectivity index (χ4v) is 5.15. The Morgan fingerprint density at radius 2 is 1.77 bits per heavy atom. The number of aryl methyl sites for hydroxylation is 2. The molecule has 0 saturated heterocycles. The van der Waals surface area contributed by atoms with E-state index in [-0.39, 0.29) is 23.6 Å². The van der Waals surface area contributed by atoms with Crippen LogP contribution in [0.1, 0.15) is 54.3 Å². The molecule has 5 rings (SSSR count). The number of nitrogens with zero attached hydrogens (tertiary/aromatic N) is 6. The van der Waals surface area contributed by atoms with E-state index >= 15 is 0 Å². The smallest absolute Gasteiger partial charge is 0.256 e. The predicted molar refractivity (Wildman–Crippen MR) is 124 cm³/mol. The van der Waals surface area contributed by atoms with Crippen molar-refractivity contribution >= 4 is 17.1 Å². The molecule has 4 aromatic rings. The summed E-state index contributed by atoms with van der Waals surface area (Å²) in [6, 6.07) is 3.21. The quantitative estimate of drug-likeness (QED) is 0.395. The third kappa shape index (κ3) is 3.59. The van der Waals surface area contributed by atoms with E-state index in [4.69, 9.17) is 0 Å². The zero-order chi connectivity index (χ0) is 25.0. The van der Waals surface area contributed by atoms with Gasteiger partial charge in [0.2, 0.25) is 0 Å². The summed E-state index contributed by atoms with van der Waals surface area (Å²) >= 11 is 0. The monoisotopic (exact) mass is 482 g/mol. The number of rotatable bonds is 4. The molecule has 7 nitrogen and oxygen atoms in total. The van der Waals surface area contributed by atoms with Gasteiger partial charge in [-0.05, 0) is 37.5 Å². The molecule has 0 unspecified atom stereocenters. The SMILES string of the molecule is CC[C@H]1Cc2c(nn(C)c2-c2cc(F)c(F)c(F)c2)[C@@H](CC)N1C(=O)c1cnc2c(c1)ncn2C. The molecular weight excluding hydrogens is 457 g/mol. The molecule has 0 radical (unpaired) electrons. The molecule has 10 heteroatoms. The number of fused-ring (bicyclic) bond motifs is 2. The average molecular weight is 483 g/mol. The normalized spacial score (nSPS) is 17.7. The molecule has 1 amide bonds. The summed E-state index contributed by atoms with van der Waals surface area (Å²) in [4.78, 5) is 24.3. The van der Waals surface area contributed by atoms with Crippen molar-refractivity contribution in [3.05, 3.63) is 65.0 Å². The Hall–Kier alpha value is -3.69. The van der Waals surface area contributed by atoms with Crippen LogP contribution in [0.5, 0.6) is 0 Å². The molecule has 0 aliphatic carbocycles. The maximum atomic E-state index is 14.0. The first-order valence-electron chi connectivity index (χ1n) is 11.6. The summed E-state index contributed by atoms with van der Waals surface area (Å²) in [6.07, 6.45) is 4.93. The molecule has 182 valence electrons. The molecular formula is C25H25F3N6O. The van der Waals surface area contributed by atoms with E-state index in [2.05, 4.69) is 15.1 Å². The summed E-state index contributed by atoms with van der Waals surface area (Å²) in [5.41, 5.74) is 4.01. The number of hydrogen-bond acceptors (Lipinski definition) is 4. The van der Waals surface area contributed by atoms with E-state index in [1.807, 2.05) is 25.8 Å². The number of imidazole rings is 1. The standard InChI is InChI=1S/C25H25F3N6O/c1-5-15-10-16-22(31-33(4)23(16)13-7-17(26)21(28)18(27)8-13)20(6-2)34(15)25(35)14-9-19-24(29-11-14)32(3)12-30-19/h7-9,11-12,15,20H,5-6,10H2,1-4H3/t15-,20+/m0/s1. The van der Waals surface area contributed by atoms with Crippen LogP contribution in [0.15, 0.2) is 30.7 Å². The highest BCUT2D eigenvalue weighted by molar-refractivity contribution is 5.97. The number of benzene rings is 1. The Labute approximate surface area is 200 Å². The van der Waals surface area contributed by atoms with Gasteiger partial charge in [0.25, 0.3) is 5.91 Å². The number of amides is 1. The fourth-order valence-electron chi connectivity index (χ4n) is 5.15. The Bertz CT molecular complexity index is 1440. The molecule has 0 saturated carbocycles. The van der Waals surface area contributed by atoms with Crippen LogP contribution in [0.3, 0.4) is 0 Å². The number of hydrogen-bond donors (Lipinski definition) is 0. The van der Waals surface area contributed by atoms with E-state index in [0.717, 1.165) is 17.7 Å². The number of carbonyl (C=O) groups is 1. The molecule has 35 heavy (non-hydrogen) atoms. The van der Waals surface area contributed by atoms with E-state index < -0.39 is 17.5 Å². The number of halogens is 3. The first kappa shape index (κ1) is 23.1. The Morgan fingerprint density at radius 3 is 2.43 bits per heavy atom. The topological polar surface area (TPSA) is 68.8 Å². The Kier molecular flexibility index (Phi) is 5.61. The van der Waals surface area contributed by atoms with Gasteiger partial charge in [0.05, 0.1) is 29.3 Å². The van der Waals surface area contributed by atoms with E-state index in [0.29, 0.717) is 47.4 Å². The minimum absolute atomic E-state index is 0.166. The van der Waals surface area contributed by atoms with Crippen LogP contribution in [0.4, 0.5) is 13.2 Å². The van der Waals surface area contributed by atoms with Crippen LogP contribution < -0.4 is 0 Å². The largest absolute Gasteiger partial charge is 0.327 e. The van der Waals surface area contributed by atoms with Crippen LogP contribution in [-0.2, 0) is 20.5 Å². The van der Waals surface area contributed by atoms with Crippen molar-refractivity contribution in [1.29, 1.82) is 0 Å². The van der Waals surface area contributed by atoms with Gasteiger partial charge in [0, 0.05) is 37.5 Å². The maximum absolute atomic E-state index is 14.0. The average Bonchev–Trinajstić information content (AvgIpc) is 3.38. The molecule has 0 spiro atoms. The third-order valence-corrected chi connectivity index (χ3v) is 6.81. The summed E-state index contributed by atoms with van der Waals surface area (Å²) in [5.74, 6) is -4.17. The fraction of sp³-hybridized carbons (Fsp3) is 0.360. The molecule has 2 atom stereocenters. The minimum Gasteiger partial charge on any atom is -0.327 e. The van der Waals surface area contributed by atoms with E-state index in [9.17, 15) is 18.0 Å². The van der Waals surface area contributed by atoms with Crippen LogP contribution in [0.25, 0.3) is 22.4 Å². The molecule has 3 aromatic heterocycles. The Balaban J connectivity index is 1.60. The lowest BCUT2D eigenvalue weighted by atomic mass is 9.87. The first-order valence-corrected chi connectivity index (χ1v) is 11.6. The second kappa shape index (κ2) is 8.51. The highest BCUT2D eigenvalue weighted by atomic mass is 19.2. The van der Waals surface area contributed by atoms with E-state index in [1.165, 1.54) is 0 Å². The Morgan fingerprint density at radius 1 is 1.06 bits per heavy atom. The van der Waals surface area contributed by atoms with Crippen LogP contribution in [-0.4, -0.2) is 41.2 Å². The molecule has 0 bridgehead atoms. The van der Waals surface area contributed by atoms with Crippen molar-refractivity contribution in [2.24, 2.45) is 14.1 Å². The lowest BCUT2D eigenvalue weighted by molar-refractivity contribution is 0.0512. The van der Waals surface area contributed by atoms with Crippen LogP contribution in [0.2, 0.25) is 0 Å². The van der Waals surface area contributed by atoms with Crippen molar-refractivity contribution in [3.63, 3.8) is 0 Å². The highest BCUT2D eigenvalue weighted by Crippen LogP contribution is 2.41. The lowest BCUT2D eigenvalue weighted by Crippen LogP contribution is -2.47. The van der Waals surface area contributed by atoms with Crippen molar-refractivity contribution in [2.75, 3.05) is 0 Å². The molecule has 1 aliphatic heterocycles. The van der Waals surface area contributed by atoms with Crippen LogP contribution in [0, 0.1) is 17.5 Å². The van der Waals surface area contributed by atoms with E-state index in [1.54, 1.807) is 34.9 Å². The van der Waals surface area contributed by atoms with Gasteiger partial charge in [-0.3, -0.25) is 9.48 Å². The van der Waals surface area contributed by atoms with Crippen molar-refractivity contribution in [3.8, 4) is 11.3 Å². The number of aromatic nitrogens is 5. The summed E-state index contributed by atoms with van der Waals surface area (Å²) < 4.78 is 45.0. The highest BCUT2D eigenvalue weighted by Gasteiger charge is 2.40. The van der Waals surface area contributed by atoms with Crippen molar-refractivity contribution in [2.45, 2.75) is 45.2 Å². The predicted octanol–water partition coefficient (Wildman–Crippen LogP) is 4.71. The number of carbonyl (C=O) groups excluding carboxylic acids is 1. The molecule has 0 N–H and O–H groups in total.